The van der Waals surface area contributed by atoms with E-state index in [0.29, 0.717) is 22.2 Å². The third-order valence-electron chi connectivity index (χ3n) is 5.82. The smallest absolute Gasteiger partial charge is 0.323 e. The van der Waals surface area contributed by atoms with Crippen molar-refractivity contribution >= 4 is 60.8 Å². The Kier molecular flexibility index (Phi) is 9.88. The van der Waals surface area contributed by atoms with Gasteiger partial charge in [-0.1, -0.05) is 30.5 Å². The Morgan fingerprint density at radius 1 is 1.34 bits per heavy atom. The number of nitrogen functional groups attached to an aromatic ring is 1. The minimum Gasteiger partial charge on any atom is -0.468 e. The molecule has 2 aromatic heterocycles. The molecule has 15 heteroatoms. The molecular formula is C23H31ClN7O5PS. The van der Waals surface area contributed by atoms with E-state index in [9.17, 15) is 4.79 Å². The Morgan fingerprint density at radius 2 is 2.11 bits per heavy atom. The monoisotopic (exact) mass is 583 g/mol. The quantitative estimate of drug-likeness (QED) is 0.104. The third-order valence-corrected chi connectivity index (χ3v) is 7.74. The zero-order chi connectivity index (χ0) is 27.2. The van der Waals surface area contributed by atoms with E-state index in [1.807, 2.05) is 23.1 Å². The van der Waals surface area contributed by atoms with Gasteiger partial charge in [-0.2, -0.15) is 14.8 Å². The molecule has 1 aromatic carbocycles. The van der Waals surface area contributed by atoms with Crippen molar-refractivity contribution in [3.63, 3.8) is 0 Å². The van der Waals surface area contributed by atoms with Crippen LogP contribution >= 0.6 is 32.1 Å². The molecule has 0 saturated carbocycles. The summed E-state index contributed by atoms with van der Waals surface area (Å²) in [6, 6.07) is 8.20. The first kappa shape index (κ1) is 28.6. The lowest BCUT2D eigenvalue weighted by molar-refractivity contribution is -0.142. The summed E-state index contributed by atoms with van der Waals surface area (Å²) in [5.41, 5.74) is 9.68. The molecule has 5 N–H and O–H groups in total. The van der Waals surface area contributed by atoms with Crippen molar-refractivity contribution in [1.29, 1.82) is 0 Å². The predicted octanol–water partition coefficient (Wildman–Crippen LogP) is 4.26. The van der Waals surface area contributed by atoms with Crippen LogP contribution in [0.4, 0.5) is 11.8 Å². The minimum atomic E-state index is -1.69. The number of methoxy groups -OCH3 is 1. The Labute approximate surface area is 231 Å². The van der Waals surface area contributed by atoms with E-state index in [2.05, 4.69) is 32.2 Å². The summed E-state index contributed by atoms with van der Waals surface area (Å²) in [4.78, 5) is 23.7. The standard InChI is InChI=1S/C23H31ClN7O5PS/c1-13-11-17(12-34-37(29-14(2)22(32)33-3)36-16-7-5-15(24)6-8-16)35-21(13)31-10-9-18-19(28-30-38-4)26-23(25)27-20(18)31/h5-10,13-14,17,21,29-30H,11-12H2,1-4H3,(H3,25,26,27,28)/t13?,14?,17?,21-,37?/m1/s1. The van der Waals surface area contributed by atoms with E-state index >= 15 is 0 Å². The van der Waals surface area contributed by atoms with E-state index < -0.39 is 20.5 Å². The molecule has 0 radical (unpaired) electrons. The number of hydrazine groups is 1. The van der Waals surface area contributed by atoms with Gasteiger partial charge < -0.3 is 28.8 Å². The van der Waals surface area contributed by atoms with Crippen LogP contribution in [0, 0.1) is 5.92 Å². The number of nitrogens with one attached hydrogen (secondary N) is 3. The van der Waals surface area contributed by atoms with Crippen LogP contribution in [0.2, 0.25) is 5.02 Å². The number of fused-ring (bicyclic) bond motifs is 1. The van der Waals surface area contributed by atoms with Crippen LogP contribution in [0.15, 0.2) is 36.5 Å². The van der Waals surface area contributed by atoms with Crippen molar-refractivity contribution < 1.29 is 23.3 Å². The topological polar surface area (TPSA) is 147 Å². The van der Waals surface area contributed by atoms with Gasteiger partial charge in [0.2, 0.25) is 5.95 Å². The highest BCUT2D eigenvalue weighted by molar-refractivity contribution is 7.96. The number of hydrogen-bond acceptors (Lipinski definition) is 12. The summed E-state index contributed by atoms with van der Waals surface area (Å²) in [7, 11) is -0.359. The highest BCUT2D eigenvalue weighted by atomic mass is 35.5. The Hall–Kier alpha value is -2.38. The Bertz CT molecular complexity index is 1240. The average molecular weight is 584 g/mol. The van der Waals surface area contributed by atoms with Crippen molar-refractivity contribution in [3.05, 3.63) is 41.6 Å². The molecule has 5 atom stereocenters. The lowest BCUT2D eigenvalue weighted by atomic mass is 10.1. The second-order valence-electron chi connectivity index (χ2n) is 8.66. The van der Waals surface area contributed by atoms with Gasteiger partial charge in [-0.05, 0) is 49.9 Å². The molecule has 0 aliphatic carbocycles. The second-order valence-corrected chi connectivity index (χ2v) is 10.9. The van der Waals surface area contributed by atoms with Gasteiger partial charge in [0.1, 0.15) is 23.7 Å². The maximum Gasteiger partial charge on any atom is 0.323 e. The molecule has 38 heavy (non-hydrogen) atoms. The largest absolute Gasteiger partial charge is 0.468 e. The van der Waals surface area contributed by atoms with Crippen LogP contribution in [-0.4, -0.2) is 52.6 Å². The molecule has 0 amide bonds. The molecule has 0 bridgehead atoms. The maximum absolute atomic E-state index is 12.0. The molecule has 4 unspecified atom stereocenters. The molecule has 3 heterocycles. The number of rotatable bonds is 12. The number of nitrogens with zero attached hydrogens (tertiary/aromatic N) is 3. The molecule has 4 rings (SSSR count). The molecule has 3 aromatic rings. The molecule has 1 fully saturated rings. The molecule has 206 valence electrons. The normalized spacial score (nSPS) is 20.8. The number of nitrogens with two attached hydrogens (primary N) is 1. The predicted molar refractivity (Wildman–Crippen MR) is 149 cm³/mol. The van der Waals surface area contributed by atoms with Crippen LogP contribution in [0.1, 0.15) is 26.5 Å². The van der Waals surface area contributed by atoms with E-state index in [-0.39, 0.29) is 30.8 Å². The summed E-state index contributed by atoms with van der Waals surface area (Å²) >= 11 is 7.39. The fourth-order valence-electron chi connectivity index (χ4n) is 4.03. The fraction of sp³-hybridized carbons (Fsp3) is 0.435. The zero-order valence-electron chi connectivity index (χ0n) is 21.4. The van der Waals surface area contributed by atoms with E-state index in [1.54, 1.807) is 31.2 Å². The first-order chi connectivity index (χ1) is 18.3. The average Bonchev–Trinajstić information content (AvgIpc) is 3.49. The van der Waals surface area contributed by atoms with Gasteiger partial charge in [-0.3, -0.25) is 10.2 Å². The van der Waals surface area contributed by atoms with Crippen molar-refractivity contribution in [1.82, 2.24) is 24.5 Å². The molecule has 0 spiro atoms. The highest BCUT2D eigenvalue weighted by Gasteiger charge is 2.35. The van der Waals surface area contributed by atoms with Crippen molar-refractivity contribution in [2.75, 3.05) is 31.1 Å². The Morgan fingerprint density at radius 3 is 2.82 bits per heavy atom. The lowest BCUT2D eigenvalue weighted by Gasteiger charge is -2.23. The summed E-state index contributed by atoms with van der Waals surface area (Å²) < 4.78 is 25.3. The number of halogens is 1. The van der Waals surface area contributed by atoms with Crippen molar-refractivity contribution in [2.45, 2.75) is 38.6 Å². The van der Waals surface area contributed by atoms with Gasteiger partial charge in [0, 0.05) is 17.1 Å². The first-order valence-corrected chi connectivity index (χ1v) is 14.6. The number of carbonyl (C=O) groups excluding carboxylic acids is 1. The van der Waals surface area contributed by atoms with Crippen LogP contribution < -0.4 is 25.6 Å². The maximum atomic E-state index is 12.0. The molecule has 1 aliphatic rings. The second kappa shape index (κ2) is 13.1. The number of hydrogen-bond donors (Lipinski definition) is 4. The molecule has 1 saturated heterocycles. The third kappa shape index (κ3) is 6.97. The first-order valence-electron chi connectivity index (χ1n) is 11.8. The molecular weight excluding hydrogens is 553 g/mol. The van der Waals surface area contributed by atoms with E-state index in [4.69, 9.17) is 35.9 Å². The lowest BCUT2D eigenvalue weighted by Crippen LogP contribution is -2.33. The van der Waals surface area contributed by atoms with Crippen LogP contribution in [0.25, 0.3) is 11.0 Å². The number of carbonyl (C=O) groups is 1. The summed E-state index contributed by atoms with van der Waals surface area (Å²) in [5.74, 6) is 1.04. The van der Waals surface area contributed by atoms with Gasteiger partial charge in [0.15, 0.2) is 5.82 Å². The number of esters is 1. The van der Waals surface area contributed by atoms with Crippen LogP contribution in [-0.2, 0) is 18.8 Å². The molecule has 1 aliphatic heterocycles. The van der Waals surface area contributed by atoms with Gasteiger partial charge in [-0.15, -0.1) is 0 Å². The van der Waals surface area contributed by atoms with Gasteiger partial charge >= 0.3 is 14.5 Å². The van der Waals surface area contributed by atoms with Crippen LogP contribution in [0.5, 0.6) is 5.75 Å². The molecule has 12 nitrogen and oxygen atoms in total. The van der Waals surface area contributed by atoms with E-state index in [1.165, 1.54) is 19.1 Å². The fourth-order valence-corrected chi connectivity index (χ4v) is 5.58. The summed E-state index contributed by atoms with van der Waals surface area (Å²) in [6.45, 7) is 4.05. The van der Waals surface area contributed by atoms with Gasteiger partial charge in [-0.25, -0.2) is 5.09 Å². The van der Waals surface area contributed by atoms with Crippen LogP contribution in [0.3, 0.4) is 0 Å². The summed E-state index contributed by atoms with van der Waals surface area (Å²) in [5, 5.41) is 4.47. The number of anilines is 2. The van der Waals surface area contributed by atoms with Crippen molar-refractivity contribution in [2.24, 2.45) is 5.92 Å². The number of aromatic nitrogens is 3. The van der Waals surface area contributed by atoms with Gasteiger partial charge in [0.05, 0.1) is 25.2 Å². The Balaban J connectivity index is 1.45. The van der Waals surface area contributed by atoms with Crippen molar-refractivity contribution in [3.8, 4) is 5.75 Å². The summed E-state index contributed by atoms with van der Waals surface area (Å²) in [6.07, 6.45) is 4.08. The zero-order valence-corrected chi connectivity index (χ0v) is 23.8. The highest BCUT2D eigenvalue weighted by Crippen LogP contribution is 2.41. The minimum absolute atomic E-state index is 0.157. The van der Waals surface area contributed by atoms with E-state index in [0.717, 1.165) is 11.8 Å². The number of benzene rings is 1. The number of ether oxygens (including phenoxy) is 2. The SMILES string of the molecule is COC(=O)C(C)NP(OCC1CC(C)[C@H](n2ccc3c(NNSC)nc(N)nc32)O1)Oc1ccc(Cl)cc1. The van der Waals surface area contributed by atoms with Gasteiger partial charge in [0.25, 0.3) is 0 Å².